The quantitative estimate of drug-likeness (QED) is 0.682. The topological polar surface area (TPSA) is 83.8 Å². The lowest BCUT2D eigenvalue weighted by Crippen LogP contribution is -2.15. The summed E-state index contributed by atoms with van der Waals surface area (Å²) >= 11 is 7.99. The van der Waals surface area contributed by atoms with Gasteiger partial charge in [0, 0.05) is 8.59 Å². The van der Waals surface area contributed by atoms with Gasteiger partial charge in [0.05, 0.1) is 17.1 Å². The minimum atomic E-state index is -0.332. The normalized spacial score (nSPS) is 10.6. The van der Waals surface area contributed by atoms with E-state index >= 15 is 0 Å². The number of hydrogen-bond acceptors (Lipinski definition) is 3. The summed E-state index contributed by atoms with van der Waals surface area (Å²) < 4.78 is 0.853. The number of aromatic nitrogens is 2. The van der Waals surface area contributed by atoms with Crippen molar-refractivity contribution in [3.8, 4) is 0 Å². The van der Waals surface area contributed by atoms with Gasteiger partial charge in [0.1, 0.15) is 0 Å². The molecule has 0 aliphatic carbocycles. The highest BCUT2D eigenvalue weighted by Crippen LogP contribution is 2.24. The van der Waals surface area contributed by atoms with Crippen molar-refractivity contribution in [3.05, 3.63) is 38.2 Å². The monoisotopic (exact) mass is 404 g/mol. The molecule has 1 aromatic heterocycles. The number of carbonyl (C=O) groups excluding carboxylic acids is 1. The summed E-state index contributed by atoms with van der Waals surface area (Å²) in [7, 11) is 0. The number of nitrogens with zero attached hydrogens (tertiary/aromatic N) is 1. The maximum Gasteiger partial charge on any atom is 0.278 e. The number of hydrogen-bond donors (Lipinski definition) is 3. The molecule has 20 heavy (non-hydrogen) atoms. The highest BCUT2D eigenvalue weighted by atomic mass is 127. The zero-order chi connectivity index (χ0) is 14.7. The summed E-state index contributed by atoms with van der Waals surface area (Å²) in [6, 6.07) is 5.24. The number of benzene rings is 1. The van der Waals surface area contributed by atoms with Gasteiger partial charge in [0.2, 0.25) is 0 Å². The molecule has 0 saturated carbocycles. The number of halogens is 2. The molecule has 0 spiro atoms. The number of aryl methyl sites for hydroxylation is 1. The lowest BCUT2D eigenvalue weighted by atomic mass is 10.2. The van der Waals surface area contributed by atoms with Crippen molar-refractivity contribution in [2.24, 2.45) is 0 Å². The Hall–Kier alpha value is -1.28. The van der Waals surface area contributed by atoms with Crippen molar-refractivity contribution in [1.29, 1.82) is 0 Å². The van der Waals surface area contributed by atoms with Gasteiger partial charge >= 0.3 is 0 Å². The Labute approximate surface area is 135 Å². The zero-order valence-electron chi connectivity index (χ0n) is 10.8. The van der Waals surface area contributed by atoms with E-state index in [2.05, 4.69) is 38.1 Å². The lowest BCUT2D eigenvalue weighted by molar-refractivity contribution is 0.102. The van der Waals surface area contributed by atoms with Crippen LogP contribution in [0.2, 0.25) is 5.02 Å². The summed E-state index contributed by atoms with van der Waals surface area (Å²) in [6.45, 7) is 2.04. The number of rotatable bonds is 4. The molecule has 4 N–H and O–H groups in total. The summed E-state index contributed by atoms with van der Waals surface area (Å²) in [6.07, 6.45) is 1.70. The molecule has 0 atom stereocenters. The van der Waals surface area contributed by atoms with Crippen LogP contribution in [0.3, 0.4) is 0 Å². The number of nitrogen functional groups attached to an aromatic ring is 1. The standard InChI is InChI=1S/C13H14ClIN4O/c1-2-3-10-11(16)12(19-18-10)13(20)17-9-5-4-7(14)6-8(9)15/h4-6H,2-3,16H2,1H3,(H,17,20)(H,18,19). The molecule has 0 radical (unpaired) electrons. The fourth-order valence-electron chi connectivity index (χ4n) is 1.77. The Morgan fingerprint density at radius 1 is 1.55 bits per heavy atom. The third kappa shape index (κ3) is 3.24. The van der Waals surface area contributed by atoms with Crippen molar-refractivity contribution in [3.63, 3.8) is 0 Å². The van der Waals surface area contributed by atoms with Gasteiger partial charge in [-0.3, -0.25) is 9.89 Å². The molecule has 1 heterocycles. The summed E-state index contributed by atoms with van der Waals surface area (Å²) in [5.74, 6) is -0.332. The maximum atomic E-state index is 12.2. The van der Waals surface area contributed by atoms with Crippen LogP contribution in [0.5, 0.6) is 0 Å². The van der Waals surface area contributed by atoms with Crippen LogP contribution < -0.4 is 11.1 Å². The van der Waals surface area contributed by atoms with Gasteiger partial charge in [-0.1, -0.05) is 24.9 Å². The van der Waals surface area contributed by atoms with Crippen LogP contribution in [0.15, 0.2) is 18.2 Å². The average Bonchev–Trinajstić information content (AvgIpc) is 2.75. The Bertz CT molecular complexity index is 641. The van der Waals surface area contributed by atoms with Crippen LogP contribution in [-0.4, -0.2) is 16.1 Å². The van der Waals surface area contributed by atoms with Crippen molar-refractivity contribution >= 4 is 51.5 Å². The first-order valence-electron chi connectivity index (χ1n) is 6.12. The molecule has 0 bridgehead atoms. The number of H-pyrrole nitrogens is 1. The molecular formula is C13H14ClIN4O. The first kappa shape index (κ1) is 15.1. The molecule has 2 aromatic rings. The molecule has 1 amide bonds. The largest absolute Gasteiger partial charge is 0.395 e. The molecular weight excluding hydrogens is 391 g/mol. The van der Waals surface area contributed by atoms with Crippen LogP contribution >= 0.6 is 34.2 Å². The van der Waals surface area contributed by atoms with Gasteiger partial charge < -0.3 is 11.1 Å². The highest BCUT2D eigenvalue weighted by Gasteiger charge is 2.17. The number of anilines is 2. The molecule has 1 aromatic carbocycles. The van der Waals surface area contributed by atoms with Gasteiger partial charge in [0.25, 0.3) is 5.91 Å². The molecule has 0 fully saturated rings. The van der Waals surface area contributed by atoms with Gasteiger partial charge in [-0.2, -0.15) is 5.10 Å². The van der Waals surface area contributed by atoms with E-state index in [1.165, 1.54) is 0 Å². The van der Waals surface area contributed by atoms with Gasteiger partial charge in [-0.15, -0.1) is 0 Å². The fraction of sp³-hybridized carbons (Fsp3) is 0.231. The predicted octanol–water partition coefficient (Wildman–Crippen LogP) is 3.45. The second kappa shape index (κ2) is 6.45. The van der Waals surface area contributed by atoms with Crippen molar-refractivity contribution in [2.75, 3.05) is 11.1 Å². The number of carbonyl (C=O) groups is 1. The Kier molecular flexibility index (Phi) is 4.87. The number of nitrogens with two attached hydrogens (primary N) is 1. The number of aromatic amines is 1. The van der Waals surface area contributed by atoms with Gasteiger partial charge in [-0.05, 0) is 47.2 Å². The van der Waals surface area contributed by atoms with Crippen molar-refractivity contribution < 1.29 is 4.79 Å². The molecule has 0 aliphatic rings. The second-order valence-electron chi connectivity index (χ2n) is 4.29. The second-order valence-corrected chi connectivity index (χ2v) is 5.89. The van der Waals surface area contributed by atoms with E-state index in [0.717, 1.165) is 22.1 Å². The molecule has 5 nitrogen and oxygen atoms in total. The molecule has 0 unspecified atom stereocenters. The number of nitrogens with one attached hydrogen (secondary N) is 2. The molecule has 2 rings (SSSR count). The Morgan fingerprint density at radius 3 is 2.95 bits per heavy atom. The van der Waals surface area contributed by atoms with E-state index in [-0.39, 0.29) is 11.6 Å². The number of amides is 1. The van der Waals surface area contributed by atoms with E-state index < -0.39 is 0 Å². The Balaban J connectivity index is 2.20. The minimum absolute atomic E-state index is 0.221. The van der Waals surface area contributed by atoms with Gasteiger partial charge in [0.15, 0.2) is 5.69 Å². The van der Waals surface area contributed by atoms with E-state index in [0.29, 0.717) is 16.4 Å². The minimum Gasteiger partial charge on any atom is -0.395 e. The molecule has 0 aliphatic heterocycles. The van der Waals surface area contributed by atoms with Crippen LogP contribution in [-0.2, 0) is 6.42 Å². The molecule has 0 saturated heterocycles. The highest BCUT2D eigenvalue weighted by molar-refractivity contribution is 14.1. The first-order valence-corrected chi connectivity index (χ1v) is 7.57. The first-order chi connectivity index (χ1) is 9.52. The van der Waals surface area contributed by atoms with E-state index in [1.807, 2.05) is 6.92 Å². The van der Waals surface area contributed by atoms with Crippen molar-refractivity contribution in [2.45, 2.75) is 19.8 Å². The Morgan fingerprint density at radius 2 is 2.30 bits per heavy atom. The van der Waals surface area contributed by atoms with Crippen LogP contribution in [0.4, 0.5) is 11.4 Å². The lowest BCUT2D eigenvalue weighted by Gasteiger charge is -2.06. The van der Waals surface area contributed by atoms with Gasteiger partial charge in [-0.25, -0.2) is 0 Å². The van der Waals surface area contributed by atoms with Crippen LogP contribution in [0.25, 0.3) is 0 Å². The molecule has 106 valence electrons. The third-order valence-electron chi connectivity index (χ3n) is 2.78. The van der Waals surface area contributed by atoms with Crippen LogP contribution in [0, 0.1) is 3.57 Å². The summed E-state index contributed by atoms with van der Waals surface area (Å²) in [4.78, 5) is 12.2. The predicted molar refractivity (Wildman–Crippen MR) is 89.1 cm³/mol. The smallest absolute Gasteiger partial charge is 0.278 e. The third-order valence-corrected chi connectivity index (χ3v) is 3.90. The maximum absolute atomic E-state index is 12.2. The fourth-order valence-corrected chi connectivity index (χ4v) is 2.78. The summed E-state index contributed by atoms with van der Waals surface area (Å²) in [5, 5.41) is 10.2. The van der Waals surface area contributed by atoms with E-state index in [1.54, 1.807) is 18.2 Å². The molecule has 7 heteroatoms. The van der Waals surface area contributed by atoms with E-state index in [9.17, 15) is 4.79 Å². The summed E-state index contributed by atoms with van der Waals surface area (Å²) in [5.41, 5.74) is 8.04. The van der Waals surface area contributed by atoms with Crippen LogP contribution in [0.1, 0.15) is 29.5 Å². The van der Waals surface area contributed by atoms with E-state index in [4.69, 9.17) is 17.3 Å². The SMILES string of the molecule is CCCc1[nH]nc(C(=O)Nc2ccc(Cl)cc2I)c1N. The average molecular weight is 405 g/mol. The van der Waals surface area contributed by atoms with Crippen molar-refractivity contribution in [1.82, 2.24) is 10.2 Å². The zero-order valence-corrected chi connectivity index (χ0v) is 13.7.